The molecule has 0 saturated carbocycles. The summed E-state index contributed by atoms with van der Waals surface area (Å²) in [5.41, 5.74) is 1.95. The van der Waals surface area contributed by atoms with Gasteiger partial charge in [0.25, 0.3) is 5.91 Å². The molecule has 8 heteroatoms. The molecule has 1 atom stereocenters. The number of hydrogen-bond acceptors (Lipinski definition) is 3. The van der Waals surface area contributed by atoms with Gasteiger partial charge in [0.2, 0.25) is 5.91 Å². The quantitative estimate of drug-likeness (QED) is 0.729. The van der Waals surface area contributed by atoms with Crippen molar-refractivity contribution >= 4 is 29.4 Å². The fourth-order valence-corrected chi connectivity index (χ4v) is 3.44. The molecule has 0 fully saturated rings. The molecule has 142 valence electrons. The van der Waals surface area contributed by atoms with Crippen molar-refractivity contribution in [3.8, 4) is 0 Å². The van der Waals surface area contributed by atoms with Gasteiger partial charge in [-0.15, -0.1) is 6.58 Å². The Morgan fingerprint density at radius 1 is 1.37 bits per heavy atom. The topological polar surface area (TPSA) is 81.8 Å². The molecule has 2 aliphatic rings. The van der Waals surface area contributed by atoms with E-state index in [-0.39, 0.29) is 37.4 Å². The summed E-state index contributed by atoms with van der Waals surface area (Å²) in [4.78, 5) is 40.3. The van der Waals surface area contributed by atoms with E-state index in [1.807, 2.05) is 0 Å². The van der Waals surface area contributed by atoms with E-state index in [2.05, 4.69) is 17.2 Å². The standard InChI is InChI=1S/C19H21ClN4O3/c1-3-9-24-14-11-23(10-8-15(25)21-2)18(26)16(14)17(22-19(24)27)12-4-6-13(20)7-5-12/h3-7,17H,1,8-11H2,2H3,(H,21,25)(H,22,27). The van der Waals surface area contributed by atoms with E-state index in [0.29, 0.717) is 22.8 Å². The number of halogens is 1. The number of carbonyl (C=O) groups is 3. The molecule has 3 rings (SSSR count). The van der Waals surface area contributed by atoms with Gasteiger partial charge >= 0.3 is 6.03 Å². The van der Waals surface area contributed by atoms with Gasteiger partial charge in [-0.1, -0.05) is 29.8 Å². The summed E-state index contributed by atoms with van der Waals surface area (Å²) in [5.74, 6) is -0.318. The number of amides is 4. The van der Waals surface area contributed by atoms with Crippen molar-refractivity contribution in [3.63, 3.8) is 0 Å². The Morgan fingerprint density at radius 3 is 2.70 bits per heavy atom. The highest BCUT2D eigenvalue weighted by atomic mass is 35.5. The molecule has 0 aliphatic carbocycles. The van der Waals surface area contributed by atoms with Crippen molar-refractivity contribution < 1.29 is 14.4 Å². The Labute approximate surface area is 162 Å². The fourth-order valence-electron chi connectivity index (χ4n) is 3.32. The highest BCUT2D eigenvalue weighted by molar-refractivity contribution is 6.30. The minimum Gasteiger partial charge on any atom is -0.359 e. The maximum absolute atomic E-state index is 13.1. The van der Waals surface area contributed by atoms with Crippen LogP contribution in [-0.4, -0.2) is 54.3 Å². The van der Waals surface area contributed by atoms with Crippen molar-refractivity contribution in [2.24, 2.45) is 0 Å². The first-order valence-electron chi connectivity index (χ1n) is 8.63. The molecule has 0 aromatic heterocycles. The van der Waals surface area contributed by atoms with Gasteiger partial charge in [0.05, 0.1) is 23.9 Å². The lowest BCUT2D eigenvalue weighted by Gasteiger charge is -2.33. The summed E-state index contributed by atoms with van der Waals surface area (Å²) in [6.07, 6.45) is 1.82. The molecule has 1 unspecified atom stereocenters. The normalized spacial score (nSPS) is 19.1. The smallest absolute Gasteiger partial charge is 0.322 e. The van der Waals surface area contributed by atoms with E-state index in [1.165, 1.54) is 4.90 Å². The van der Waals surface area contributed by atoms with Gasteiger partial charge in [-0.3, -0.25) is 14.5 Å². The van der Waals surface area contributed by atoms with Crippen molar-refractivity contribution in [1.29, 1.82) is 0 Å². The Bertz CT molecular complexity index is 819. The predicted octanol–water partition coefficient (Wildman–Crippen LogP) is 1.82. The zero-order valence-electron chi connectivity index (χ0n) is 15.0. The molecule has 0 spiro atoms. The first kappa shape index (κ1) is 19.0. The molecule has 2 aliphatic heterocycles. The van der Waals surface area contributed by atoms with Gasteiger partial charge in [-0.05, 0) is 17.7 Å². The van der Waals surface area contributed by atoms with E-state index in [4.69, 9.17) is 11.6 Å². The van der Waals surface area contributed by atoms with Crippen LogP contribution in [0.3, 0.4) is 0 Å². The zero-order chi connectivity index (χ0) is 19.6. The van der Waals surface area contributed by atoms with Crippen LogP contribution in [0, 0.1) is 0 Å². The van der Waals surface area contributed by atoms with E-state index in [0.717, 1.165) is 5.56 Å². The summed E-state index contributed by atoms with van der Waals surface area (Å²) in [5, 5.41) is 6.02. The molecule has 27 heavy (non-hydrogen) atoms. The number of hydrogen-bond donors (Lipinski definition) is 2. The highest BCUT2D eigenvalue weighted by Gasteiger charge is 2.43. The van der Waals surface area contributed by atoms with Crippen LogP contribution in [0.15, 0.2) is 48.2 Å². The minimum absolute atomic E-state index is 0.140. The van der Waals surface area contributed by atoms with Crippen LogP contribution in [0.4, 0.5) is 4.79 Å². The molecular formula is C19H21ClN4O3. The molecule has 0 saturated heterocycles. The summed E-state index contributed by atoms with van der Waals surface area (Å²) in [6.45, 7) is 4.56. The van der Waals surface area contributed by atoms with E-state index >= 15 is 0 Å². The lowest BCUT2D eigenvalue weighted by atomic mass is 9.95. The predicted molar refractivity (Wildman–Crippen MR) is 102 cm³/mol. The van der Waals surface area contributed by atoms with Crippen LogP contribution >= 0.6 is 11.6 Å². The number of nitrogens with zero attached hydrogens (tertiary/aromatic N) is 2. The van der Waals surface area contributed by atoms with Crippen molar-refractivity contribution in [1.82, 2.24) is 20.4 Å². The largest absolute Gasteiger partial charge is 0.359 e. The van der Waals surface area contributed by atoms with Crippen LogP contribution in [0.2, 0.25) is 5.02 Å². The second-order valence-electron chi connectivity index (χ2n) is 6.34. The summed E-state index contributed by atoms with van der Waals surface area (Å²) >= 11 is 5.96. The highest BCUT2D eigenvalue weighted by Crippen LogP contribution is 2.36. The zero-order valence-corrected chi connectivity index (χ0v) is 15.8. The van der Waals surface area contributed by atoms with Gasteiger partial charge in [0.1, 0.15) is 0 Å². The monoisotopic (exact) mass is 388 g/mol. The number of nitrogens with one attached hydrogen (secondary N) is 2. The number of rotatable bonds is 6. The van der Waals surface area contributed by atoms with Crippen molar-refractivity contribution in [2.45, 2.75) is 12.5 Å². The average Bonchev–Trinajstić information content (AvgIpc) is 2.99. The van der Waals surface area contributed by atoms with Gasteiger partial charge in [-0.25, -0.2) is 4.79 Å². The van der Waals surface area contributed by atoms with Gasteiger partial charge in [-0.2, -0.15) is 0 Å². The van der Waals surface area contributed by atoms with E-state index < -0.39 is 6.04 Å². The first-order chi connectivity index (χ1) is 13.0. The Hall–Kier alpha value is -2.80. The van der Waals surface area contributed by atoms with E-state index in [1.54, 1.807) is 42.3 Å². The van der Waals surface area contributed by atoms with E-state index in [9.17, 15) is 14.4 Å². The Kier molecular flexibility index (Phi) is 5.51. The van der Waals surface area contributed by atoms with Crippen LogP contribution in [-0.2, 0) is 9.59 Å². The van der Waals surface area contributed by atoms with Crippen LogP contribution in [0.1, 0.15) is 18.0 Å². The molecule has 7 nitrogen and oxygen atoms in total. The lowest BCUT2D eigenvalue weighted by Crippen LogP contribution is -2.47. The minimum atomic E-state index is -0.552. The molecule has 1 aromatic rings. The molecule has 2 heterocycles. The third-order valence-electron chi connectivity index (χ3n) is 4.70. The molecular weight excluding hydrogens is 368 g/mol. The molecule has 2 N–H and O–H groups in total. The SMILES string of the molecule is C=CCN1C(=O)NC(c2ccc(Cl)cc2)C2=C1CN(CCC(=O)NC)C2=O. The van der Waals surface area contributed by atoms with Gasteiger partial charge < -0.3 is 15.5 Å². The number of benzene rings is 1. The second kappa shape index (κ2) is 7.84. The van der Waals surface area contributed by atoms with Crippen molar-refractivity contribution in [3.05, 3.63) is 58.8 Å². The molecule has 1 aromatic carbocycles. The van der Waals surface area contributed by atoms with Gasteiger partial charge in [0.15, 0.2) is 0 Å². The number of carbonyl (C=O) groups excluding carboxylic acids is 3. The maximum Gasteiger partial charge on any atom is 0.322 e. The Morgan fingerprint density at radius 2 is 2.07 bits per heavy atom. The third kappa shape index (κ3) is 3.68. The van der Waals surface area contributed by atoms with Crippen molar-refractivity contribution in [2.75, 3.05) is 26.7 Å². The first-order valence-corrected chi connectivity index (χ1v) is 9.01. The fraction of sp³-hybridized carbons (Fsp3) is 0.316. The van der Waals surface area contributed by atoms with Crippen LogP contribution in [0.5, 0.6) is 0 Å². The maximum atomic E-state index is 13.1. The van der Waals surface area contributed by atoms with Crippen LogP contribution in [0.25, 0.3) is 0 Å². The lowest BCUT2D eigenvalue weighted by molar-refractivity contribution is -0.126. The third-order valence-corrected chi connectivity index (χ3v) is 4.95. The summed E-state index contributed by atoms with van der Waals surface area (Å²) in [6, 6.07) is 6.20. The summed E-state index contributed by atoms with van der Waals surface area (Å²) in [7, 11) is 1.56. The van der Waals surface area contributed by atoms with Gasteiger partial charge in [0, 0.05) is 31.6 Å². The van der Waals surface area contributed by atoms with Crippen LogP contribution < -0.4 is 10.6 Å². The molecule has 0 radical (unpaired) electrons. The number of urea groups is 1. The molecule has 0 bridgehead atoms. The molecule has 4 amide bonds. The second-order valence-corrected chi connectivity index (χ2v) is 6.78. The summed E-state index contributed by atoms with van der Waals surface area (Å²) < 4.78 is 0. The average molecular weight is 389 g/mol. The Balaban J connectivity index is 1.94.